The molecule has 1 aromatic rings. The van der Waals surface area contributed by atoms with Gasteiger partial charge in [0.15, 0.2) is 0 Å². The summed E-state index contributed by atoms with van der Waals surface area (Å²) < 4.78 is 6.55. The topological polar surface area (TPSA) is 45.0 Å². The Morgan fingerprint density at radius 1 is 1.24 bits per heavy atom. The molecule has 92 valence electrons. The summed E-state index contributed by atoms with van der Waals surface area (Å²) in [7, 11) is 1.67. The van der Waals surface area contributed by atoms with E-state index in [-0.39, 0.29) is 0 Å². The number of halogens is 1. The Morgan fingerprint density at radius 3 is 2.41 bits per heavy atom. The first kappa shape index (κ1) is 13.9. The number of nitrogens with zero attached hydrogens (tertiary/aromatic N) is 1. The first-order chi connectivity index (χ1) is 8.04. The molecule has 1 aromatic carbocycles. The van der Waals surface area contributed by atoms with Crippen molar-refractivity contribution in [1.82, 2.24) is 0 Å². The van der Waals surface area contributed by atoms with Crippen LogP contribution in [-0.2, 0) is 0 Å². The molecule has 0 spiro atoms. The fourth-order valence-corrected chi connectivity index (χ4v) is 2.29. The van der Waals surface area contributed by atoms with E-state index < -0.39 is 0 Å². The molecule has 0 aliphatic heterocycles. The number of rotatable bonds is 4. The van der Waals surface area contributed by atoms with Crippen LogP contribution >= 0.6 is 15.9 Å². The maximum Gasteiger partial charge on any atom is 0.145 e. The van der Waals surface area contributed by atoms with E-state index in [1.165, 1.54) is 5.56 Å². The van der Waals surface area contributed by atoms with Crippen molar-refractivity contribution in [2.45, 2.75) is 27.2 Å². The van der Waals surface area contributed by atoms with Gasteiger partial charge in [0.25, 0.3) is 0 Å². The van der Waals surface area contributed by atoms with Gasteiger partial charge in [0.1, 0.15) is 5.75 Å². The molecule has 0 saturated carbocycles. The number of anilines is 1. The molecule has 0 bridgehead atoms. The number of nitrogens with one attached hydrogen (secondary N) is 1. The molecule has 1 N–H and O–H groups in total. The Bertz CT molecular complexity index is 464. The molecule has 0 heterocycles. The van der Waals surface area contributed by atoms with Gasteiger partial charge in [-0.05, 0) is 37.5 Å². The van der Waals surface area contributed by atoms with Crippen molar-refractivity contribution in [3.63, 3.8) is 0 Å². The van der Waals surface area contributed by atoms with Crippen LogP contribution in [0, 0.1) is 32.1 Å². The molecule has 1 rings (SSSR count). The van der Waals surface area contributed by atoms with Crippen molar-refractivity contribution in [3.05, 3.63) is 21.2 Å². The zero-order valence-corrected chi connectivity index (χ0v) is 12.2. The predicted octanol–water partition coefficient (Wildman–Crippen LogP) is 3.71. The predicted molar refractivity (Wildman–Crippen MR) is 73.6 cm³/mol. The van der Waals surface area contributed by atoms with Gasteiger partial charge in [-0.1, -0.05) is 15.9 Å². The van der Waals surface area contributed by atoms with Crippen molar-refractivity contribution in [2.24, 2.45) is 0 Å². The van der Waals surface area contributed by atoms with Crippen molar-refractivity contribution >= 4 is 21.6 Å². The van der Waals surface area contributed by atoms with Crippen LogP contribution < -0.4 is 10.1 Å². The summed E-state index contributed by atoms with van der Waals surface area (Å²) >= 11 is 3.59. The Balaban J connectivity index is 3.22. The summed E-state index contributed by atoms with van der Waals surface area (Å²) in [5.74, 6) is 0.862. The quantitative estimate of drug-likeness (QED) is 0.862. The normalized spacial score (nSPS) is 9.88. The molecule has 0 unspecified atom stereocenters. The van der Waals surface area contributed by atoms with Crippen molar-refractivity contribution in [3.8, 4) is 11.8 Å². The Labute approximate surface area is 111 Å². The fourth-order valence-electron chi connectivity index (χ4n) is 1.80. The molecule has 0 saturated heterocycles. The molecule has 0 aliphatic rings. The molecule has 0 radical (unpaired) electrons. The summed E-state index contributed by atoms with van der Waals surface area (Å²) in [6.07, 6.45) is 0.479. The third kappa shape index (κ3) is 2.73. The number of nitriles is 1. The van der Waals surface area contributed by atoms with E-state index >= 15 is 0 Å². The van der Waals surface area contributed by atoms with Gasteiger partial charge < -0.3 is 10.1 Å². The highest BCUT2D eigenvalue weighted by molar-refractivity contribution is 9.10. The van der Waals surface area contributed by atoms with Crippen LogP contribution in [0.15, 0.2) is 4.47 Å². The zero-order chi connectivity index (χ0) is 13.0. The lowest BCUT2D eigenvalue weighted by molar-refractivity contribution is 0.412. The van der Waals surface area contributed by atoms with Crippen LogP contribution in [0.3, 0.4) is 0 Å². The molecular formula is C13H17BrN2O. The number of hydrogen-bond donors (Lipinski definition) is 1. The van der Waals surface area contributed by atoms with Gasteiger partial charge in [-0.3, -0.25) is 0 Å². The summed E-state index contributed by atoms with van der Waals surface area (Å²) in [5.41, 5.74) is 4.38. The van der Waals surface area contributed by atoms with Crippen molar-refractivity contribution < 1.29 is 4.74 Å². The molecule has 4 heteroatoms. The van der Waals surface area contributed by atoms with E-state index in [0.29, 0.717) is 13.0 Å². The summed E-state index contributed by atoms with van der Waals surface area (Å²) in [4.78, 5) is 0. The monoisotopic (exact) mass is 296 g/mol. The van der Waals surface area contributed by atoms with Crippen molar-refractivity contribution in [1.29, 1.82) is 5.26 Å². The Hall–Kier alpha value is -1.21. The highest BCUT2D eigenvalue weighted by Gasteiger charge is 2.16. The summed E-state index contributed by atoms with van der Waals surface area (Å²) in [6.45, 7) is 6.76. The van der Waals surface area contributed by atoms with Gasteiger partial charge in [0.2, 0.25) is 0 Å². The maximum absolute atomic E-state index is 8.56. The third-order valence-corrected chi connectivity index (χ3v) is 4.10. The van der Waals surface area contributed by atoms with Gasteiger partial charge >= 0.3 is 0 Å². The molecule has 0 aliphatic carbocycles. The molecule has 0 atom stereocenters. The molecule has 0 aromatic heterocycles. The van der Waals surface area contributed by atoms with E-state index in [2.05, 4.69) is 34.2 Å². The lowest BCUT2D eigenvalue weighted by Gasteiger charge is -2.19. The molecule has 0 amide bonds. The van der Waals surface area contributed by atoms with Gasteiger partial charge in [0, 0.05) is 11.0 Å². The fraction of sp³-hybridized carbons (Fsp3) is 0.462. The molecular weight excluding hydrogens is 280 g/mol. The van der Waals surface area contributed by atoms with E-state index in [9.17, 15) is 0 Å². The largest absolute Gasteiger partial charge is 0.494 e. The second-order valence-electron chi connectivity index (χ2n) is 3.93. The third-order valence-electron chi connectivity index (χ3n) is 2.91. The minimum Gasteiger partial charge on any atom is -0.494 e. The first-order valence-electron chi connectivity index (χ1n) is 5.48. The van der Waals surface area contributed by atoms with Gasteiger partial charge in [-0.2, -0.15) is 5.26 Å². The van der Waals surface area contributed by atoms with Crippen LogP contribution in [-0.4, -0.2) is 13.7 Å². The van der Waals surface area contributed by atoms with Crippen LogP contribution in [0.5, 0.6) is 5.75 Å². The highest BCUT2D eigenvalue weighted by Crippen LogP contribution is 2.39. The van der Waals surface area contributed by atoms with E-state index in [0.717, 1.165) is 27.0 Å². The minimum absolute atomic E-state index is 0.479. The van der Waals surface area contributed by atoms with E-state index in [1.807, 2.05) is 13.8 Å². The average Bonchev–Trinajstić information content (AvgIpc) is 2.33. The van der Waals surface area contributed by atoms with Crippen LogP contribution in [0.4, 0.5) is 5.69 Å². The number of methoxy groups -OCH3 is 1. The van der Waals surface area contributed by atoms with Crippen LogP contribution in [0.2, 0.25) is 0 Å². The van der Waals surface area contributed by atoms with Crippen LogP contribution in [0.25, 0.3) is 0 Å². The molecule has 3 nitrogen and oxygen atoms in total. The number of ether oxygens (including phenoxy) is 1. The standard InChI is InChI=1S/C13H17BrN2O/c1-8-9(2)13(17-4)12(10(3)11(8)14)16-7-5-6-15/h16H,5,7H2,1-4H3. The maximum atomic E-state index is 8.56. The SMILES string of the molecule is COc1c(C)c(C)c(Br)c(C)c1NCCC#N. The molecule has 17 heavy (non-hydrogen) atoms. The molecule has 0 fully saturated rings. The Kier molecular flexibility index (Phi) is 4.83. The van der Waals surface area contributed by atoms with Crippen LogP contribution in [0.1, 0.15) is 23.1 Å². The van der Waals surface area contributed by atoms with Gasteiger partial charge in [0.05, 0.1) is 25.3 Å². The van der Waals surface area contributed by atoms with Gasteiger partial charge in [-0.25, -0.2) is 0 Å². The summed E-state index contributed by atoms with van der Waals surface area (Å²) in [5, 5.41) is 11.8. The lowest BCUT2D eigenvalue weighted by atomic mass is 10.0. The smallest absolute Gasteiger partial charge is 0.145 e. The number of hydrogen-bond acceptors (Lipinski definition) is 3. The average molecular weight is 297 g/mol. The van der Waals surface area contributed by atoms with E-state index in [4.69, 9.17) is 10.00 Å². The van der Waals surface area contributed by atoms with Gasteiger partial charge in [-0.15, -0.1) is 0 Å². The zero-order valence-electron chi connectivity index (χ0n) is 10.6. The lowest BCUT2D eigenvalue weighted by Crippen LogP contribution is -2.07. The first-order valence-corrected chi connectivity index (χ1v) is 6.28. The second-order valence-corrected chi connectivity index (χ2v) is 4.73. The van der Waals surface area contributed by atoms with E-state index in [1.54, 1.807) is 7.11 Å². The minimum atomic E-state index is 0.479. The van der Waals surface area contributed by atoms with Crippen molar-refractivity contribution in [2.75, 3.05) is 19.0 Å². The number of benzene rings is 1. The Morgan fingerprint density at radius 2 is 1.88 bits per heavy atom. The summed E-state index contributed by atoms with van der Waals surface area (Å²) in [6, 6.07) is 2.12. The highest BCUT2D eigenvalue weighted by atomic mass is 79.9. The second kappa shape index (κ2) is 5.92.